The Morgan fingerprint density at radius 1 is 1.67 bits per heavy atom. The quantitative estimate of drug-likeness (QED) is 0.425. The Morgan fingerprint density at radius 2 is 2.40 bits per heavy atom. The van der Waals surface area contributed by atoms with Crippen molar-refractivity contribution in [1.29, 1.82) is 0 Å². The van der Waals surface area contributed by atoms with Gasteiger partial charge in [-0.1, -0.05) is 0 Å². The molecule has 0 spiro atoms. The minimum absolute atomic E-state index is 0.126. The van der Waals surface area contributed by atoms with E-state index in [0.29, 0.717) is 19.0 Å². The molecule has 1 saturated heterocycles. The average Bonchev–Trinajstić information content (AvgIpc) is 3.00. The van der Waals surface area contributed by atoms with E-state index in [0.717, 1.165) is 0 Å². The Morgan fingerprint density at radius 3 is 3.00 bits per heavy atom. The van der Waals surface area contributed by atoms with E-state index in [2.05, 4.69) is 0 Å². The van der Waals surface area contributed by atoms with Crippen LogP contribution >= 0.6 is 0 Å². The molecular weight excluding hydrogens is 198 g/mol. The van der Waals surface area contributed by atoms with Gasteiger partial charge in [-0.2, -0.15) is 0 Å². The summed E-state index contributed by atoms with van der Waals surface area (Å²) in [6.07, 6.45) is 0.126. The third kappa shape index (κ3) is 2.44. The summed E-state index contributed by atoms with van der Waals surface area (Å²) < 4.78 is 10.2. The number of nitrogens with zero attached hydrogens (tertiary/aromatic N) is 1. The zero-order chi connectivity index (χ0) is 10.8. The predicted molar refractivity (Wildman–Crippen MR) is 51.7 cm³/mol. The lowest BCUT2D eigenvalue weighted by molar-refractivity contribution is -0.385. The van der Waals surface area contributed by atoms with Crippen molar-refractivity contribution in [3.8, 4) is 5.75 Å². The molecule has 5 nitrogen and oxygen atoms in total. The fraction of sp³-hybridized carbons (Fsp3) is 0.300. The molecule has 1 fully saturated rings. The molecule has 1 heterocycles. The molecule has 5 heteroatoms. The Hall–Kier alpha value is -1.62. The van der Waals surface area contributed by atoms with Crippen LogP contribution in [0.2, 0.25) is 0 Å². The minimum Gasteiger partial charge on any atom is -0.491 e. The van der Waals surface area contributed by atoms with Gasteiger partial charge in [-0.15, -0.1) is 0 Å². The number of nitro groups is 1. The van der Waals surface area contributed by atoms with Gasteiger partial charge in [-0.3, -0.25) is 10.1 Å². The standard InChI is InChI=1S/C10H9NO4/c1-7-2-3-8(4-10(7)11(12)13)14-5-9-6-15-9/h1-4,9H,5-6H2. The highest BCUT2D eigenvalue weighted by molar-refractivity contribution is 5.47. The summed E-state index contributed by atoms with van der Waals surface area (Å²) in [4.78, 5) is 10.0. The van der Waals surface area contributed by atoms with E-state index < -0.39 is 4.92 Å². The number of rotatable bonds is 4. The van der Waals surface area contributed by atoms with Crippen LogP contribution in [0.5, 0.6) is 5.75 Å². The third-order valence-electron chi connectivity index (χ3n) is 2.04. The van der Waals surface area contributed by atoms with Crippen molar-refractivity contribution in [3.05, 3.63) is 40.8 Å². The van der Waals surface area contributed by atoms with Gasteiger partial charge in [0.2, 0.25) is 0 Å². The summed E-state index contributed by atoms with van der Waals surface area (Å²) in [6, 6.07) is 4.38. The Labute approximate surface area is 86.8 Å². The van der Waals surface area contributed by atoms with E-state index in [4.69, 9.17) is 16.4 Å². The maximum atomic E-state index is 10.6. The van der Waals surface area contributed by atoms with Crippen molar-refractivity contribution in [2.45, 2.75) is 6.10 Å². The zero-order valence-electron chi connectivity index (χ0n) is 7.88. The molecule has 0 saturated carbocycles. The lowest BCUT2D eigenvalue weighted by atomic mass is 10.2. The molecule has 15 heavy (non-hydrogen) atoms. The lowest BCUT2D eigenvalue weighted by Gasteiger charge is -2.04. The number of benzene rings is 1. The molecule has 0 N–H and O–H groups in total. The molecule has 0 aliphatic carbocycles. The molecule has 1 aliphatic heterocycles. The summed E-state index contributed by atoms with van der Waals surface area (Å²) >= 11 is 0. The van der Waals surface area contributed by atoms with Crippen molar-refractivity contribution in [2.75, 3.05) is 13.2 Å². The maximum Gasteiger partial charge on any atom is 0.276 e. The molecule has 1 unspecified atom stereocenters. The Balaban J connectivity index is 2.10. The first-order valence-electron chi connectivity index (χ1n) is 4.45. The maximum absolute atomic E-state index is 10.6. The van der Waals surface area contributed by atoms with E-state index in [1.165, 1.54) is 12.1 Å². The molecule has 0 amide bonds. The second kappa shape index (κ2) is 3.86. The van der Waals surface area contributed by atoms with Gasteiger partial charge < -0.3 is 9.47 Å². The monoisotopic (exact) mass is 207 g/mol. The van der Waals surface area contributed by atoms with Gasteiger partial charge in [0.25, 0.3) is 5.69 Å². The fourth-order valence-corrected chi connectivity index (χ4v) is 1.12. The van der Waals surface area contributed by atoms with Crippen LogP contribution in [0.1, 0.15) is 5.56 Å². The van der Waals surface area contributed by atoms with E-state index in [1.807, 2.05) is 0 Å². The van der Waals surface area contributed by atoms with Gasteiger partial charge >= 0.3 is 0 Å². The van der Waals surface area contributed by atoms with Crippen molar-refractivity contribution in [3.63, 3.8) is 0 Å². The van der Waals surface area contributed by atoms with Gasteiger partial charge in [0.1, 0.15) is 18.5 Å². The number of ether oxygens (including phenoxy) is 2. The van der Waals surface area contributed by atoms with Gasteiger partial charge in [0.15, 0.2) is 0 Å². The van der Waals surface area contributed by atoms with Crippen LogP contribution in [0.15, 0.2) is 18.2 Å². The van der Waals surface area contributed by atoms with Crippen molar-refractivity contribution in [1.82, 2.24) is 0 Å². The van der Waals surface area contributed by atoms with Gasteiger partial charge in [-0.05, 0) is 12.1 Å². The molecule has 1 aliphatic rings. The number of hydrogen-bond donors (Lipinski definition) is 0. The van der Waals surface area contributed by atoms with Crippen molar-refractivity contribution in [2.24, 2.45) is 0 Å². The van der Waals surface area contributed by atoms with Crippen molar-refractivity contribution < 1.29 is 14.4 Å². The topological polar surface area (TPSA) is 64.9 Å². The highest BCUT2D eigenvalue weighted by atomic mass is 16.6. The number of nitro benzene ring substituents is 1. The van der Waals surface area contributed by atoms with Crippen LogP contribution in [0.4, 0.5) is 5.69 Å². The van der Waals surface area contributed by atoms with Gasteiger partial charge in [0.05, 0.1) is 17.6 Å². The molecule has 0 bridgehead atoms. The van der Waals surface area contributed by atoms with Crippen LogP contribution in [0.25, 0.3) is 0 Å². The summed E-state index contributed by atoms with van der Waals surface area (Å²) in [5, 5.41) is 10.6. The molecule has 2 rings (SSSR count). The van der Waals surface area contributed by atoms with Gasteiger partial charge in [-0.25, -0.2) is 0 Å². The van der Waals surface area contributed by atoms with E-state index >= 15 is 0 Å². The molecule has 1 aromatic rings. The molecular formula is C10H9NO4. The largest absolute Gasteiger partial charge is 0.491 e. The Bertz CT molecular complexity index is 387. The van der Waals surface area contributed by atoms with Crippen LogP contribution in [-0.4, -0.2) is 24.2 Å². The molecule has 1 atom stereocenters. The first kappa shape index (κ1) is 9.92. The smallest absolute Gasteiger partial charge is 0.276 e. The van der Waals surface area contributed by atoms with Gasteiger partial charge in [0, 0.05) is 12.5 Å². The second-order valence-corrected chi connectivity index (χ2v) is 3.24. The zero-order valence-corrected chi connectivity index (χ0v) is 7.88. The highest BCUT2D eigenvalue weighted by Crippen LogP contribution is 2.24. The van der Waals surface area contributed by atoms with Crippen LogP contribution in [-0.2, 0) is 4.74 Å². The lowest BCUT2D eigenvalue weighted by Crippen LogP contribution is -2.04. The first-order chi connectivity index (χ1) is 7.16. The first-order valence-corrected chi connectivity index (χ1v) is 4.45. The summed E-state index contributed by atoms with van der Waals surface area (Å²) in [6.45, 7) is 6.55. The summed E-state index contributed by atoms with van der Waals surface area (Å²) in [7, 11) is 0. The van der Waals surface area contributed by atoms with Crippen LogP contribution in [0.3, 0.4) is 0 Å². The predicted octanol–water partition coefficient (Wildman–Crippen LogP) is 1.43. The van der Waals surface area contributed by atoms with E-state index in [-0.39, 0.29) is 17.4 Å². The highest BCUT2D eigenvalue weighted by Gasteiger charge is 2.23. The Kier molecular flexibility index (Phi) is 2.55. The molecule has 2 radical (unpaired) electrons. The minimum atomic E-state index is -0.532. The molecule has 0 aromatic heterocycles. The van der Waals surface area contributed by atoms with Crippen LogP contribution in [0, 0.1) is 17.0 Å². The second-order valence-electron chi connectivity index (χ2n) is 3.24. The molecule has 1 aromatic carbocycles. The van der Waals surface area contributed by atoms with E-state index in [1.54, 1.807) is 6.07 Å². The SMILES string of the molecule is [CH]c1ccc(OCC2CO2)cc1[N+](=O)[O-]. The fourth-order valence-electron chi connectivity index (χ4n) is 1.12. The van der Waals surface area contributed by atoms with Crippen molar-refractivity contribution >= 4 is 5.69 Å². The average molecular weight is 207 g/mol. The normalized spacial score (nSPS) is 18.6. The molecule has 78 valence electrons. The summed E-state index contributed by atoms with van der Waals surface area (Å²) in [5.41, 5.74) is -0.000706. The summed E-state index contributed by atoms with van der Waals surface area (Å²) in [5.74, 6) is 0.436. The van der Waals surface area contributed by atoms with E-state index in [9.17, 15) is 10.1 Å². The number of epoxide rings is 1. The van der Waals surface area contributed by atoms with Crippen LogP contribution < -0.4 is 4.74 Å². The number of hydrogen-bond acceptors (Lipinski definition) is 4. The third-order valence-corrected chi connectivity index (χ3v) is 2.04.